The van der Waals surface area contributed by atoms with Gasteiger partial charge < -0.3 is 10.6 Å². The zero-order valence-corrected chi connectivity index (χ0v) is 26.1. The molecule has 45 heavy (non-hydrogen) atoms. The molecule has 2 N–H and O–H groups in total. The average molecular weight is 596 g/mol. The van der Waals surface area contributed by atoms with E-state index in [1.807, 2.05) is 81.3 Å². The van der Waals surface area contributed by atoms with Crippen molar-refractivity contribution in [1.82, 2.24) is 19.7 Å². The molecule has 1 atom stereocenters. The van der Waals surface area contributed by atoms with Crippen molar-refractivity contribution < 1.29 is 4.79 Å². The number of benzene rings is 3. The minimum absolute atomic E-state index is 0.0824. The Morgan fingerprint density at radius 2 is 1.84 bits per heavy atom. The lowest BCUT2D eigenvalue weighted by Gasteiger charge is -2.20. The number of nitrogens with one attached hydrogen (secondary N) is 2. The van der Waals surface area contributed by atoms with Gasteiger partial charge in [0.05, 0.1) is 40.8 Å². The molecule has 2 saturated carbocycles. The minimum Gasteiger partial charge on any atom is -0.326 e. The number of anilines is 3. The maximum atomic E-state index is 13.5. The highest BCUT2D eigenvalue weighted by Crippen LogP contribution is 2.45. The summed E-state index contributed by atoms with van der Waals surface area (Å²) in [4.78, 5) is 22.8. The molecule has 1 amide bonds. The van der Waals surface area contributed by atoms with Crippen molar-refractivity contribution in [2.24, 2.45) is 0 Å². The molecule has 5 aromatic rings. The third-order valence-corrected chi connectivity index (χ3v) is 9.00. The van der Waals surface area contributed by atoms with Gasteiger partial charge in [-0.15, -0.1) is 0 Å². The number of aromatic nitrogens is 4. The summed E-state index contributed by atoms with van der Waals surface area (Å²) in [5.41, 5.74) is 8.22. The van der Waals surface area contributed by atoms with E-state index in [1.54, 1.807) is 0 Å². The van der Waals surface area contributed by atoms with Gasteiger partial charge in [0, 0.05) is 23.5 Å². The molecule has 7 rings (SSSR count). The van der Waals surface area contributed by atoms with Crippen LogP contribution < -0.4 is 10.6 Å². The standard InChI is InChI=1S/C37H37N7O/c1-22-13-26(16-28(14-22)37(3,4)21-38)23(2)35(45)41-29-8-11-32(24-5-6-24)33(17-29)25-7-12-34-27(15-25)18-39-36(43-34)42-30-19-40-44(20-30)31-9-10-31/h7-8,11-20,23-24,31H,5-6,9-10H2,1-4H3,(H,41,45)(H,39,42,43). The molecule has 0 saturated heterocycles. The lowest BCUT2D eigenvalue weighted by atomic mass is 9.83. The lowest BCUT2D eigenvalue weighted by molar-refractivity contribution is -0.117. The molecular formula is C37H37N7O. The van der Waals surface area contributed by atoms with E-state index in [9.17, 15) is 10.1 Å². The summed E-state index contributed by atoms with van der Waals surface area (Å²) in [5, 5.41) is 21.5. The third kappa shape index (κ3) is 6.03. The van der Waals surface area contributed by atoms with Gasteiger partial charge in [-0.25, -0.2) is 9.97 Å². The smallest absolute Gasteiger partial charge is 0.231 e. The van der Waals surface area contributed by atoms with E-state index in [4.69, 9.17) is 4.98 Å². The first kappa shape index (κ1) is 28.7. The first-order valence-corrected chi connectivity index (χ1v) is 15.7. The summed E-state index contributed by atoms with van der Waals surface area (Å²) in [7, 11) is 0. The minimum atomic E-state index is -0.632. The van der Waals surface area contributed by atoms with Crippen LogP contribution in [0.25, 0.3) is 22.0 Å². The second-order valence-electron chi connectivity index (χ2n) is 13.2. The number of hydrogen-bond donors (Lipinski definition) is 2. The molecule has 0 aliphatic heterocycles. The Hall–Kier alpha value is -5.03. The molecule has 8 heteroatoms. The molecule has 1 unspecified atom stereocenters. The quantitative estimate of drug-likeness (QED) is 0.177. The van der Waals surface area contributed by atoms with Crippen molar-refractivity contribution in [2.45, 2.75) is 76.7 Å². The molecule has 2 fully saturated rings. The highest BCUT2D eigenvalue weighted by molar-refractivity contribution is 5.96. The molecule has 2 aliphatic rings. The molecule has 0 spiro atoms. The Morgan fingerprint density at radius 3 is 2.60 bits per heavy atom. The van der Waals surface area contributed by atoms with Crippen molar-refractivity contribution in [3.05, 3.63) is 95.4 Å². The molecule has 0 bridgehead atoms. The Labute approximate surface area is 263 Å². The summed E-state index contributed by atoms with van der Waals surface area (Å²) in [6.07, 6.45) is 10.4. The van der Waals surface area contributed by atoms with Gasteiger partial charge in [-0.2, -0.15) is 10.4 Å². The highest BCUT2D eigenvalue weighted by atomic mass is 16.1. The van der Waals surface area contributed by atoms with Gasteiger partial charge in [0.25, 0.3) is 0 Å². The topological polar surface area (TPSA) is 109 Å². The number of amides is 1. The number of hydrogen-bond acceptors (Lipinski definition) is 6. The molecule has 3 aromatic carbocycles. The van der Waals surface area contributed by atoms with Gasteiger partial charge in [0.1, 0.15) is 0 Å². The predicted octanol–water partition coefficient (Wildman–Crippen LogP) is 8.30. The summed E-state index contributed by atoms with van der Waals surface area (Å²) >= 11 is 0. The summed E-state index contributed by atoms with van der Waals surface area (Å²) in [5.74, 6) is 0.613. The van der Waals surface area contributed by atoms with Crippen LogP contribution in [-0.2, 0) is 10.2 Å². The first-order valence-electron chi connectivity index (χ1n) is 15.7. The largest absolute Gasteiger partial charge is 0.326 e. The second kappa shape index (κ2) is 11.2. The monoisotopic (exact) mass is 595 g/mol. The number of aryl methyl sites for hydroxylation is 1. The van der Waals surface area contributed by atoms with Crippen molar-refractivity contribution in [2.75, 3.05) is 10.6 Å². The first-order chi connectivity index (χ1) is 21.7. The Bertz CT molecular complexity index is 1980. The average Bonchev–Trinajstić information content (AvgIpc) is 3.99. The van der Waals surface area contributed by atoms with Crippen molar-refractivity contribution in [3.8, 4) is 17.2 Å². The van der Waals surface area contributed by atoms with Crippen LogP contribution in [0.2, 0.25) is 0 Å². The van der Waals surface area contributed by atoms with E-state index in [0.29, 0.717) is 17.9 Å². The summed E-state index contributed by atoms with van der Waals surface area (Å²) < 4.78 is 2.00. The maximum Gasteiger partial charge on any atom is 0.231 e. The van der Waals surface area contributed by atoms with E-state index in [-0.39, 0.29) is 11.8 Å². The number of rotatable bonds is 9. The van der Waals surface area contributed by atoms with Gasteiger partial charge in [0.2, 0.25) is 11.9 Å². The Morgan fingerprint density at radius 1 is 1.02 bits per heavy atom. The number of fused-ring (bicyclic) bond motifs is 1. The van der Waals surface area contributed by atoms with Crippen LogP contribution in [0.1, 0.15) is 86.6 Å². The number of carbonyl (C=O) groups excluding carboxylic acids is 1. The van der Waals surface area contributed by atoms with Gasteiger partial charge in [-0.3, -0.25) is 9.48 Å². The van der Waals surface area contributed by atoms with E-state index >= 15 is 0 Å². The van der Waals surface area contributed by atoms with Gasteiger partial charge >= 0.3 is 0 Å². The Kier molecular flexibility index (Phi) is 7.12. The van der Waals surface area contributed by atoms with E-state index in [2.05, 4.69) is 51.1 Å². The summed E-state index contributed by atoms with van der Waals surface area (Å²) in [6.45, 7) is 7.72. The summed E-state index contributed by atoms with van der Waals surface area (Å²) in [6, 6.07) is 21.5. The Balaban J connectivity index is 1.13. The molecule has 0 radical (unpaired) electrons. The fraction of sp³-hybridized carbons (Fsp3) is 0.324. The van der Waals surface area contributed by atoms with Crippen LogP contribution in [0, 0.1) is 18.3 Å². The number of nitrogens with zero attached hydrogens (tertiary/aromatic N) is 5. The normalized spacial score (nSPS) is 15.4. The molecule has 8 nitrogen and oxygen atoms in total. The number of nitriles is 1. The van der Waals surface area contributed by atoms with E-state index < -0.39 is 5.41 Å². The molecular weight excluding hydrogens is 558 g/mol. The lowest BCUT2D eigenvalue weighted by Crippen LogP contribution is -2.20. The van der Waals surface area contributed by atoms with Gasteiger partial charge in [0.15, 0.2) is 0 Å². The van der Waals surface area contributed by atoms with E-state index in [1.165, 1.54) is 31.2 Å². The third-order valence-electron chi connectivity index (χ3n) is 9.00. The van der Waals surface area contributed by atoms with Crippen molar-refractivity contribution in [1.29, 1.82) is 5.26 Å². The maximum absolute atomic E-state index is 13.5. The molecule has 2 aromatic heterocycles. The predicted molar refractivity (Wildman–Crippen MR) is 178 cm³/mol. The van der Waals surface area contributed by atoms with Gasteiger partial charge in [-0.05, 0) is 111 Å². The van der Waals surface area contributed by atoms with Crippen molar-refractivity contribution >= 4 is 34.1 Å². The zero-order valence-electron chi connectivity index (χ0n) is 26.1. The zero-order chi connectivity index (χ0) is 31.3. The van der Waals surface area contributed by atoms with Gasteiger partial charge in [-0.1, -0.05) is 35.9 Å². The van der Waals surface area contributed by atoms with Crippen LogP contribution in [-0.4, -0.2) is 25.7 Å². The fourth-order valence-corrected chi connectivity index (χ4v) is 5.86. The van der Waals surface area contributed by atoms with E-state index in [0.717, 1.165) is 50.1 Å². The van der Waals surface area contributed by atoms with Crippen molar-refractivity contribution in [3.63, 3.8) is 0 Å². The van der Waals surface area contributed by atoms with Crippen LogP contribution in [0.3, 0.4) is 0 Å². The van der Waals surface area contributed by atoms with Crippen LogP contribution in [0.15, 0.2) is 73.2 Å². The second-order valence-corrected chi connectivity index (χ2v) is 13.2. The number of carbonyl (C=O) groups is 1. The van der Waals surface area contributed by atoms with Crippen LogP contribution in [0.4, 0.5) is 17.3 Å². The fourth-order valence-electron chi connectivity index (χ4n) is 5.86. The molecule has 226 valence electrons. The van der Waals surface area contributed by atoms with Crippen LogP contribution in [0.5, 0.6) is 0 Å². The van der Waals surface area contributed by atoms with Crippen LogP contribution >= 0.6 is 0 Å². The molecule has 2 aliphatic carbocycles. The SMILES string of the molecule is Cc1cc(C(C)C(=O)Nc2ccc(C3CC3)c(-c3ccc4nc(Nc5cnn(C6CC6)c5)ncc4c3)c2)cc(C(C)(C)C#N)c1. The highest BCUT2D eigenvalue weighted by Gasteiger charge is 2.28. The molecule has 2 heterocycles.